The molecule has 1 atom stereocenters. The van der Waals surface area contributed by atoms with Crippen LogP contribution in [-0.4, -0.2) is 43.4 Å². The Morgan fingerprint density at radius 2 is 1.88 bits per heavy atom. The van der Waals surface area contributed by atoms with Crippen LogP contribution in [-0.2, 0) is 16.4 Å². The summed E-state index contributed by atoms with van der Waals surface area (Å²) in [5, 5.41) is 0.414. The Morgan fingerprint density at radius 1 is 1.15 bits per heavy atom. The number of nitrogens with zero attached hydrogens (tertiary/aromatic N) is 1. The van der Waals surface area contributed by atoms with Crippen molar-refractivity contribution >= 4 is 26.7 Å². The highest BCUT2D eigenvalue weighted by atomic mass is 32.2. The van der Waals surface area contributed by atoms with Gasteiger partial charge in [0.1, 0.15) is 11.3 Å². The molecule has 180 valence electrons. The number of carbonyl (C=O) groups excluding carboxylic acids is 1. The summed E-state index contributed by atoms with van der Waals surface area (Å²) >= 11 is 0. The molecule has 4 rings (SSSR count). The van der Waals surface area contributed by atoms with Crippen LogP contribution < -0.4 is 10.2 Å². The van der Waals surface area contributed by atoms with E-state index >= 15 is 0 Å². The molecule has 0 radical (unpaired) electrons. The molecule has 1 aliphatic heterocycles. The van der Waals surface area contributed by atoms with Crippen molar-refractivity contribution in [2.75, 3.05) is 18.1 Å². The summed E-state index contributed by atoms with van der Waals surface area (Å²) < 4.78 is 35.9. The number of fused-ring (bicyclic) bond motifs is 1. The number of aryl methyl sites for hydroxylation is 2. The lowest BCUT2D eigenvalue weighted by atomic mass is 10.1. The molecule has 0 bridgehead atoms. The molecule has 0 spiro atoms. The highest BCUT2D eigenvalue weighted by Gasteiger charge is 2.36. The maximum absolute atomic E-state index is 13.6. The van der Waals surface area contributed by atoms with Crippen LogP contribution in [0.25, 0.3) is 11.0 Å². The number of benzene rings is 2. The van der Waals surface area contributed by atoms with E-state index in [1.165, 1.54) is 11.0 Å². The molecule has 2 heterocycles. The predicted molar refractivity (Wildman–Crippen MR) is 131 cm³/mol. The minimum absolute atomic E-state index is 0.0330. The number of hydrogen-bond acceptors (Lipinski definition) is 6. The highest BCUT2D eigenvalue weighted by molar-refractivity contribution is 7.91. The van der Waals surface area contributed by atoms with Crippen LogP contribution in [0.4, 0.5) is 0 Å². The zero-order chi connectivity index (χ0) is 24.5. The number of rotatable bonds is 7. The Labute approximate surface area is 199 Å². The molecule has 7 nitrogen and oxygen atoms in total. The average Bonchev–Trinajstić information content (AvgIpc) is 3.18. The van der Waals surface area contributed by atoms with Crippen molar-refractivity contribution in [1.29, 1.82) is 0 Å². The first-order valence-electron chi connectivity index (χ1n) is 11.5. The van der Waals surface area contributed by atoms with Crippen molar-refractivity contribution in [1.82, 2.24) is 4.90 Å². The molecule has 8 heteroatoms. The molecule has 3 aromatic rings. The van der Waals surface area contributed by atoms with Gasteiger partial charge < -0.3 is 14.1 Å². The molecular formula is C26H29NO6S. The Morgan fingerprint density at radius 3 is 2.53 bits per heavy atom. The summed E-state index contributed by atoms with van der Waals surface area (Å²) in [5.41, 5.74) is 2.65. The van der Waals surface area contributed by atoms with E-state index in [9.17, 15) is 18.0 Å². The van der Waals surface area contributed by atoms with Crippen LogP contribution in [0.5, 0.6) is 5.75 Å². The maximum Gasteiger partial charge on any atom is 0.290 e. The van der Waals surface area contributed by atoms with Crippen LogP contribution in [0.3, 0.4) is 0 Å². The van der Waals surface area contributed by atoms with Crippen molar-refractivity contribution in [3.8, 4) is 5.75 Å². The second-order valence-electron chi connectivity index (χ2n) is 8.84. The van der Waals surface area contributed by atoms with E-state index in [4.69, 9.17) is 9.15 Å². The van der Waals surface area contributed by atoms with Crippen LogP contribution in [0, 0.1) is 13.8 Å². The van der Waals surface area contributed by atoms with Gasteiger partial charge in [-0.3, -0.25) is 9.59 Å². The molecule has 1 saturated heterocycles. The van der Waals surface area contributed by atoms with E-state index < -0.39 is 21.8 Å². The van der Waals surface area contributed by atoms with E-state index in [0.29, 0.717) is 24.0 Å². The standard InChI is InChI=1S/C26H29NO6S/c1-4-12-32-21-8-6-19(7-9-21)15-27(20-11-13-34(30,31)16-20)26(29)24-14-23(28)22-10-5-17(2)18(3)25(22)33-24/h5-10,14,20H,4,11-13,15-16H2,1-3H3. The molecular weight excluding hydrogens is 454 g/mol. The van der Waals surface area contributed by atoms with Gasteiger partial charge in [0.15, 0.2) is 21.0 Å². The van der Waals surface area contributed by atoms with E-state index in [0.717, 1.165) is 28.9 Å². The molecule has 0 aliphatic carbocycles. The zero-order valence-electron chi connectivity index (χ0n) is 19.7. The Hall–Kier alpha value is -3.13. The van der Waals surface area contributed by atoms with Gasteiger partial charge in [-0.2, -0.15) is 0 Å². The van der Waals surface area contributed by atoms with Gasteiger partial charge in [0.05, 0.1) is 23.5 Å². The average molecular weight is 484 g/mol. The fourth-order valence-electron chi connectivity index (χ4n) is 4.19. The topological polar surface area (TPSA) is 93.9 Å². The Bertz CT molecular complexity index is 1370. The Kier molecular flexibility index (Phi) is 6.79. The van der Waals surface area contributed by atoms with E-state index in [1.54, 1.807) is 6.07 Å². The van der Waals surface area contributed by atoms with Crippen LogP contribution in [0.1, 0.15) is 47.0 Å². The van der Waals surface area contributed by atoms with Crippen LogP contribution >= 0.6 is 0 Å². The third kappa shape index (κ3) is 5.01. The fraction of sp³-hybridized carbons (Fsp3) is 0.385. The summed E-state index contributed by atoms with van der Waals surface area (Å²) in [5.74, 6) is 0.0856. The number of hydrogen-bond donors (Lipinski definition) is 0. The largest absolute Gasteiger partial charge is 0.494 e. The van der Waals surface area contributed by atoms with Crippen molar-refractivity contribution in [2.45, 2.75) is 46.2 Å². The van der Waals surface area contributed by atoms with Gasteiger partial charge in [0.25, 0.3) is 5.91 Å². The first kappa shape index (κ1) is 24.0. The van der Waals surface area contributed by atoms with Gasteiger partial charge in [-0.25, -0.2) is 8.42 Å². The monoisotopic (exact) mass is 483 g/mol. The second-order valence-corrected chi connectivity index (χ2v) is 11.1. The van der Waals surface area contributed by atoms with Crippen molar-refractivity contribution in [2.24, 2.45) is 0 Å². The maximum atomic E-state index is 13.6. The van der Waals surface area contributed by atoms with E-state index in [2.05, 4.69) is 0 Å². The molecule has 1 amide bonds. The van der Waals surface area contributed by atoms with Gasteiger partial charge in [0.2, 0.25) is 0 Å². The zero-order valence-corrected chi connectivity index (χ0v) is 20.5. The summed E-state index contributed by atoms with van der Waals surface area (Å²) in [6.45, 7) is 6.60. The lowest BCUT2D eigenvalue weighted by Gasteiger charge is -2.28. The number of ether oxygens (including phenoxy) is 1. The van der Waals surface area contributed by atoms with Crippen molar-refractivity contribution in [3.05, 3.63) is 75.1 Å². The van der Waals surface area contributed by atoms with Gasteiger partial charge in [-0.05, 0) is 61.6 Å². The van der Waals surface area contributed by atoms with Gasteiger partial charge in [-0.15, -0.1) is 0 Å². The number of sulfone groups is 1. The number of carbonyl (C=O) groups is 1. The normalized spacial score (nSPS) is 17.1. The smallest absolute Gasteiger partial charge is 0.290 e. The molecule has 2 aromatic carbocycles. The summed E-state index contributed by atoms with van der Waals surface area (Å²) in [4.78, 5) is 27.9. The first-order chi connectivity index (χ1) is 16.2. The van der Waals surface area contributed by atoms with Crippen molar-refractivity contribution in [3.63, 3.8) is 0 Å². The summed E-state index contributed by atoms with van der Waals surface area (Å²) in [6.07, 6.45) is 1.25. The van der Waals surface area contributed by atoms with Gasteiger partial charge in [-0.1, -0.05) is 25.1 Å². The van der Waals surface area contributed by atoms with Gasteiger partial charge >= 0.3 is 0 Å². The SMILES string of the molecule is CCCOc1ccc(CN(C(=O)c2cc(=O)c3ccc(C)c(C)c3o2)C2CCS(=O)(=O)C2)cc1. The van der Waals surface area contributed by atoms with Gasteiger partial charge in [0, 0.05) is 18.7 Å². The minimum atomic E-state index is -3.23. The molecule has 1 aromatic heterocycles. The molecule has 1 aliphatic rings. The van der Waals surface area contributed by atoms with Crippen molar-refractivity contribution < 1.29 is 22.4 Å². The fourth-order valence-corrected chi connectivity index (χ4v) is 5.93. The lowest BCUT2D eigenvalue weighted by molar-refractivity contribution is 0.0648. The first-order valence-corrected chi connectivity index (χ1v) is 13.3. The molecule has 1 fully saturated rings. The van der Waals surface area contributed by atoms with E-state index in [1.807, 2.05) is 51.1 Å². The highest BCUT2D eigenvalue weighted by Crippen LogP contribution is 2.25. The van der Waals surface area contributed by atoms with E-state index in [-0.39, 0.29) is 29.2 Å². The second kappa shape index (κ2) is 9.62. The summed E-state index contributed by atoms with van der Waals surface area (Å²) in [6, 6.07) is 11.6. The third-order valence-electron chi connectivity index (χ3n) is 6.29. The number of amides is 1. The summed E-state index contributed by atoms with van der Waals surface area (Å²) in [7, 11) is -3.23. The van der Waals surface area contributed by atoms with Crippen LogP contribution in [0.15, 0.2) is 51.7 Å². The lowest BCUT2D eigenvalue weighted by Crippen LogP contribution is -2.40. The molecule has 0 saturated carbocycles. The predicted octanol–water partition coefficient (Wildman–Crippen LogP) is 4.03. The quantitative estimate of drug-likeness (QED) is 0.504. The molecule has 1 unspecified atom stereocenters. The Balaban J connectivity index is 1.70. The minimum Gasteiger partial charge on any atom is -0.494 e. The van der Waals surface area contributed by atoms with Crippen LogP contribution in [0.2, 0.25) is 0 Å². The molecule has 34 heavy (non-hydrogen) atoms. The molecule has 0 N–H and O–H groups in total. The third-order valence-corrected chi connectivity index (χ3v) is 8.04.